The van der Waals surface area contributed by atoms with E-state index in [4.69, 9.17) is 10.9 Å². The van der Waals surface area contributed by atoms with E-state index in [1.54, 1.807) is 30.3 Å². The van der Waals surface area contributed by atoms with Gasteiger partial charge in [0.25, 0.3) is 5.56 Å². The summed E-state index contributed by atoms with van der Waals surface area (Å²) in [5.74, 6) is -0.159. The number of rotatable bonds is 3. The van der Waals surface area contributed by atoms with Crippen molar-refractivity contribution in [1.82, 2.24) is 4.57 Å². The van der Waals surface area contributed by atoms with E-state index in [9.17, 15) is 23.7 Å². The molecule has 0 saturated carbocycles. The van der Waals surface area contributed by atoms with Crippen molar-refractivity contribution < 1.29 is 8.42 Å². The Bertz CT molecular complexity index is 1310. The summed E-state index contributed by atoms with van der Waals surface area (Å²) >= 11 is 0. The van der Waals surface area contributed by atoms with Gasteiger partial charge in [-0.1, -0.05) is 30.3 Å². The predicted molar refractivity (Wildman–Crippen MR) is 103 cm³/mol. The molecule has 0 saturated heterocycles. The molecule has 0 radical (unpaired) electrons. The van der Waals surface area contributed by atoms with Gasteiger partial charge in [0.05, 0.1) is 10.6 Å². The molecular weight excluding hydrogens is 378 g/mol. The Labute approximate surface area is 160 Å². The SMILES string of the molecule is N#Cc1c(-c2ccccc2)c(C#N)c(=O)n(-c2ccc(S(N)(=O)=O)cc2)c1N. The highest BCUT2D eigenvalue weighted by Gasteiger charge is 2.22. The van der Waals surface area contributed by atoms with E-state index in [2.05, 4.69) is 0 Å². The predicted octanol–water partition coefficient (Wildman–Crippen LogP) is 1.48. The first-order valence-electron chi connectivity index (χ1n) is 7.87. The molecule has 0 aliphatic rings. The first kappa shape index (κ1) is 18.9. The second-order valence-corrected chi connectivity index (χ2v) is 7.34. The maximum atomic E-state index is 13.0. The summed E-state index contributed by atoms with van der Waals surface area (Å²) in [5.41, 5.74) is 5.97. The first-order chi connectivity index (χ1) is 13.3. The van der Waals surface area contributed by atoms with Crippen molar-refractivity contribution >= 4 is 15.8 Å². The standard InChI is InChI=1S/C19H13N5O3S/c20-10-15-17(12-4-2-1-3-5-12)16(11-21)19(25)24(18(15)22)13-6-8-14(9-7-13)28(23,26)27/h1-9H,22H2,(H2,23,26,27). The van der Waals surface area contributed by atoms with E-state index in [0.717, 1.165) is 4.57 Å². The van der Waals surface area contributed by atoms with Crippen molar-refractivity contribution in [2.24, 2.45) is 5.14 Å². The number of benzene rings is 2. The number of primary sulfonamides is 1. The summed E-state index contributed by atoms with van der Waals surface area (Å²) in [4.78, 5) is 12.8. The molecule has 0 amide bonds. The molecule has 9 heteroatoms. The number of hydrogen-bond acceptors (Lipinski definition) is 6. The Balaban J connectivity index is 2.36. The van der Waals surface area contributed by atoms with Crippen LogP contribution in [0.25, 0.3) is 16.8 Å². The summed E-state index contributed by atoms with van der Waals surface area (Å²) < 4.78 is 23.8. The van der Waals surface area contributed by atoms with Gasteiger partial charge in [0.15, 0.2) is 0 Å². The lowest BCUT2D eigenvalue weighted by molar-refractivity contribution is 0.598. The fourth-order valence-electron chi connectivity index (χ4n) is 2.84. The van der Waals surface area contributed by atoms with Crippen molar-refractivity contribution in [1.29, 1.82) is 10.5 Å². The fraction of sp³-hybridized carbons (Fsp3) is 0. The molecule has 138 valence electrons. The van der Waals surface area contributed by atoms with Crippen LogP contribution in [0.1, 0.15) is 11.1 Å². The van der Waals surface area contributed by atoms with E-state index in [1.807, 2.05) is 12.1 Å². The number of aromatic nitrogens is 1. The van der Waals surface area contributed by atoms with Gasteiger partial charge in [0, 0.05) is 5.56 Å². The van der Waals surface area contributed by atoms with Gasteiger partial charge in [0.2, 0.25) is 10.0 Å². The Morgan fingerprint density at radius 3 is 1.96 bits per heavy atom. The molecule has 4 N–H and O–H groups in total. The lowest BCUT2D eigenvalue weighted by Gasteiger charge is -2.16. The van der Waals surface area contributed by atoms with Crippen LogP contribution in [0.2, 0.25) is 0 Å². The highest BCUT2D eigenvalue weighted by molar-refractivity contribution is 7.89. The number of hydrogen-bond donors (Lipinski definition) is 2. The minimum absolute atomic E-state index is 0.0297. The second-order valence-electron chi connectivity index (χ2n) is 5.78. The molecule has 8 nitrogen and oxygen atoms in total. The zero-order valence-corrected chi connectivity index (χ0v) is 15.1. The van der Waals surface area contributed by atoms with Crippen LogP contribution >= 0.6 is 0 Å². The Kier molecular flexibility index (Phi) is 4.72. The van der Waals surface area contributed by atoms with Gasteiger partial charge >= 0.3 is 0 Å². The molecule has 0 aliphatic heterocycles. The van der Waals surface area contributed by atoms with Gasteiger partial charge in [-0.25, -0.2) is 13.6 Å². The first-order valence-corrected chi connectivity index (χ1v) is 9.41. The number of nitrogen functional groups attached to an aromatic ring is 1. The van der Waals surface area contributed by atoms with Gasteiger partial charge in [-0.15, -0.1) is 0 Å². The van der Waals surface area contributed by atoms with Crippen LogP contribution in [-0.4, -0.2) is 13.0 Å². The summed E-state index contributed by atoms with van der Waals surface area (Å²) in [6.45, 7) is 0. The van der Waals surface area contributed by atoms with Crippen LogP contribution < -0.4 is 16.4 Å². The van der Waals surface area contributed by atoms with E-state index in [-0.39, 0.29) is 33.1 Å². The molecule has 0 atom stereocenters. The summed E-state index contributed by atoms with van der Waals surface area (Å²) in [7, 11) is -3.91. The van der Waals surface area contributed by atoms with E-state index in [1.165, 1.54) is 24.3 Å². The number of nitriles is 2. The van der Waals surface area contributed by atoms with Gasteiger partial charge in [-0.05, 0) is 29.8 Å². The number of pyridine rings is 1. The average molecular weight is 391 g/mol. The van der Waals surface area contributed by atoms with Crippen molar-refractivity contribution in [2.45, 2.75) is 4.90 Å². The highest BCUT2D eigenvalue weighted by Crippen LogP contribution is 2.30. The van der Waals surface area contributed by atoms with Gasteiger partial charge in [0.1, 0.15) is 29.1 Å². The van der Waals surface area contributed by atoms with Gasteiger partial charge < -0.3 is 5.73 Å². The van der Waals surface area contributed by atoms with Crippen molar-refractivity contribution in [3.8, 4) is 29.0 Å². The minimum Gasteiger partial charge on any atom is -0.384 e. The van der Waals surface area contributed by atoms with Crippen molar-refractivity contribution in [2.75, 3.05) is 5.73 Å². The van der Waals surface area contributed by atoms with Crippen molar-refractivity contribution in [3.05, 3.63) is 76.1 Å². The van der Waals surface area contributed by atoms with Crippen LogP contribution in [0.3, 0.4) is 0 Å². The summed E-state index contributed by atoms with van der Waals surface area (Å²) in [6, 6.07) is 17.4. The molecule has 0 bridgehead atoms. The Morgan fingerprint density at radius 2 is 1.46 bits per heavy atom. The Hall–Kier alpha value is -3.92. The maximum absolute atomic E-state index is 13.0. The highest BCUT2D eigenvalue weighted by atomic mass is 32.2. The lowest BCUT2D eigenvalue weighted by atomic mass is 9.96. The molecule has 28 heavy (non-hydrogen) atoms. The lowest BCUT2D eigenvalue weighted by Crippen LogP contribution is -2.26. The molecule has 1 heterocycles. The third-order valence-corrected chi connectivity index (χ3v) is 5.05. The van der Waals surface area contributed by atoms with E-state index in [0.29, 0.717) is 5.56 Å². The molecule has 0 spiro atoms. The average Bonchev–Trinajstić information content (AvgIpc) is 2.68. The van der Waals surface area contributed by atoms with Crippen LogP contribution in [0.5, 0.6) is 0 Å². The monoisotopic (exact) mass is 391 g/mol. The quantitative estimate of drug-likeness (QED) is 0.688. The molecule has 1 aromatic heterocycles. The normalized spacial score (nSPS) is 10.8. The molecule has 0 fully saturated rings. The zero-order valence-electron chi connectivity index (χ0n) is 14.3. The molecule has 3 rings (SSSR count). The summed E-state index contributed by atoms with van der Waals surface area (Å²) in [6.07, 6.45) is 0. The van der Waals surface area contributed by atoms with E-state index < -0.39 is 15.6 Å². The number of anilines is 1. The molecule has 0 unspecified atom stereocenters. The number of nitrogens with two attached hydrogens (primary N) is 2. The molecule has 0 aliphatic carbocycles. The maximum Gasteiger partial charge on any atom is 0.275 e. The second kappa shape index (κ2) is 7.00. The third kappa shape index (κ3) is 3.12. The van der Waals surface area contributed by atoms with Crippen molar-refractivity contribution in [3.63, 3.8) is 0 Å². The van der Waals surface area contributed by atoms with Gasteiger partial charge in [-0.2, -0.15) is 10.5 Å². The fourth-order valence-corrected chi connectivity index (χ4v) is 3.36. The summed E-state index contributed by atoms with van der Waals surface area (Å²) in [5, 5.41) is 24.3. The zero-order chi connectivity index (χ0) is 20.5. The van der Waals surface area contributed by atoms with Crippen LogP contribution in [0.15, 0.2) is 64.3 Å². The number of nitrogens with zero attached hydrogens (tertiary/aromatic N) is 3. The smallest absolute Gasteiger partial charge is 0.275 e. The minimum atomic E-state index is -3.91. The topological polar surface area (TPSA) is 156 Å². The largest absolute Gasteiger partial charge is 0.384 e. The number of sulfonamides is 1. The molecule has 3 aromatic rings. The van der Waals surface area contributed by atoms with Crippen LogP contribution in [0, 0.1) is 22.7 Å². The Morgan fingerprint density at radius 1 is 0.893 bits per heavy atom. The van der Waals surface area contributed by atoms with Crippen LogP contribution in [0.4, 0.5) is 5.82 Å². The third-order valence-electron chi connectivity index (χ3n) is 4.12. The van der Waals surface area contributed by atoms with E-state index >= 15 is 0 Å². The van der Waals surface area contributed by atoms with Gasteiger partial charge in [-0.3, -0.25) is 9.36 Å². The molecular formula is C19H13N5O3S. The molecule has 2 aromatic carbocycles. The van der Waals surface area contributed by atoms with Crippen LogP contribution in [-0.2, 0) is 10.0 Å².